The number of fused-ring (bicyclic) bond motifs is 1. The van der Waals surface area contributed by atoms with Crippen LogP contribution >= 0.6 is 0 Å². The Hall–Kier alpha value is -3.91. The molecule has 0 unspecified atom stereocenters. The first-order chi connectivity index (χ1) is 17.6. The zero-order valence-corrected chi connectivity index (χ0v) is 20.8. The van der Waals surface area contributed by atoms with Gasteiger partial charge in [-0.25, -0.2) is 4.98 Å². The minimum atomic E-state index is 0.0911. The van der Waals surface area contributed by atoms with Crippen LogP contribution in [0.4, 0.5) is 0 Å². The van der Waals surface area contributed by atoms with Gasteiger partial charge in [0.05, 0.1) is 18.4 Å². The van der Waals surface area contributed by atoms with Crippen molar-refractivity contribution in [2.45, 2.75) is 58.0 Å². The number of aromatic nitrogens is 2. The smallest absolute Gasteiger partial charge is 0.225 e. The van der Waals surface area contributed by atoms with Crippen LogP contribution in [-0.4, -0.2) is 29.0 Å². The number of hydrogen-bond donors (Lipinski definition) is 0. The van der Waals surface area contributed by atoms with Crippen molar-refractivity contribution in [2.75, 3.05) is 7.11 Å². The van der Waals surface area contributed by atoms with E-state index in [1.807, 2.05) is 43.3 Å². The number of hydrogen-bond acceptors (Lipinski definition) is 5. The third-order valence-corrected chi connectivity index (χ3v) is 6.97. The van der Waals surface area contributed by atoms with Crippen molar-refractivity contribution in [3.8, 4) is 24.0 Å². The minimum absolute atomic E-state index is 0.0911. The van der Waals surface area contributed by atoms with Gasteiger partial charge in [0.25, 0.3) is 0 Å². The summed E-state index contributed by atoms with van der Waals surface area (Å²) in [6.07, 6.45) is 14.1. The SMILES string of the molecule is C#Cc1cccc(C2=CCc3nc(Cc4ccc(C(=O)CC)cc4OC)nc(OC4CCCC4)c32)c1. The molecule has 0 radical (unpaired) electrons. The van der Waals surface area contributed by atoms with Crippen LogP contribution in [0.3, 0.4) is 0 Å². The molecule has 1 heterocycles. The van der Waals surface area contributed by atoms with Gasteiger partial charge in [0, 0.05) is 36.0 Å². The van der Waals surface area contributed by atoms with Gasteiger partial charge in [-0.15, -0.1) is 6.42 Å². The predicted molar refractivity (Wildman–Crippen MR) is 140 cm³/mol. The lowest BCUT2D eigenvalue weighted by atomic mass is 9.99. The summed E-state index contributed by atoms with van der Waals surface area (Å²) in [6.45, 7) is 1.86. The van der Waals surface area contributed by atoms with E-state index >= 15 is 0 Å². The Kier molecular flexibility index (Phi) is 6.86. The Morgan fingerprint density at radius 3 is 2.72 bits per heavy atom. The van der Waals surface area contributed by atoms with E-state index < -0.39 is 0 Å². The normalized spacial score (nSPS) is 14.8. The quantitative estimate of drug-likeness (QED) is 0.295. The molecule has 3 aromatic rings. The largest absolute Gasteiger partial charge is 0.496 e. The van der Waals surface area contributed by atoms with Gasteiger partial charge < -0.3 is 9.47 Å². The zero-order chi connectivity index (χ0) is 25.1. The number of carbonyl (C=O) groups excluding carboxylic acids is 1. The molecular formula is C31H30N2O3. The van der Waals surface area contributed by atoms with E-state index in [4.69, 9.17) is 25.9 Å². The van der Waals surface area contributed by atoms with E-state index in [1.54, 1.807) is 7.11 Å². The minimum Gasteiger partial charge on any atom is -0.496 e. The average molecular weight is 479 g/mol. The Labute approximate surface area is 212 Å². The average Bonchev–Trinajstić information content (AvgIpc) is 3.58. The molecule has 5 nitrogen and oxygen atoms in total. The van der Waals surface area contributed by atoms with E-state index in [2.05, 4.69) is 18.1 Å². The Balaban J connectivity index is 1.52. The highest BCUT2D eigenvalue weighted by Crippen LogP contribution is 2.39. The van der Waals surface area contributed by atoms with Gasteiger partial charge in [0.1, 0.15) is 17.7 Å². The Bertz CT molecular complexity index is 1380. The van der Waals surface area contributed by atoms with Crippen molar-refractivity contribution in [2.24, 2.45) is 0 Å². The molecule has 0 aliphatic heterocycles. The number of ether oxygens (including phenoxy) is 2. The molecule has 0 saturated heterocycles. The maximum Gasteiger partial charge on any atom is 0.225 e. The summed E-state index contributed by atoms with van der Waals surface area (Å²) in [6, 6.07) is 13.6. The topological polar surface area (TPSA) is 61.3 Å². The zero-order valence-electron chi connectivity index (χ0n) is 20.8. The van der Waals surface area contributed by atoms with Crippen LogP contribution in [0.1, 0.15) is 83.2 Å². The van der Waals surface area contributed by atoms with Crippen LogP contribution in [0.5, 0.6) is 11.6 Å². The molecule has 1 aromatic heterocycles. The molecule has 36 heavy (non-hydrogen) atoms. The second-order valence-corrected chi connectivity index (χ2v) is 9.32. The molecule has 0 spiro atoms. The van der Waals surface area contributed by atoms with Crippen molar-refractivity contribution < 1.29 is 14.3 Å². The van der Waals surface area contributed by atoms with Crippen molar-refractivity contribution in [3.05, 3.63) is 87.9 Å². The van der Waals surface area contributed by atoms with Crippen LogP contribution in [0.2, 0.25) is 0 Å². The van der Waals surface area contributed by atoms with E-state index in [9.17, 15) is 4.79 Å². The highest BCUT2D eigenvalue weighted by Gasteiger charge is 2.27. The summed E-state index contributed by atoms with van der Waals surface area (Å²) in [5.41, 5.74) is 6.48. The molecule has 1 fully saturated rings. The lowest BCUT2D eigenvalue weighted by molar-refractivity contribution is 0.0988. The van der Waals surface area contributed by atoms with E-state index in [0.717, 1.165) is 46.4 Å². The molecule has 0 atom stereocenters. The van der Waals surface area contributed by atoms with E-state index in [1.165, 1.54) is 12.8 Å². The van der Waals surface area contributed by atoms with Crippen LogP contribution in [0.15, 0.2) is 48.5 Å². The number of carbonyl (C=O) groups is 1. The lowest BCUT2D eigenvalue weighted by Gasteiger charge is -2.18. The number of benzene rings is 2. The second kappa shape index (κ2) is 10.4. The fraction of sp³-hybridized carbons (Fsp3) is 0.323. The highest BCUT2D eigenvalue weighted by molar-refractivity contribution is 5.96. The molecule has 5 heteroatoms. The van der Waals surface area contributed by atoms with Gasteiger partial charge in [0.15, 0.2) is 5.78 Å². The van der Waals surface area contributed by atoms with Crippen LogP contribution in [0.25, 0.3) is 5.57 Å². The maximum absolute atomic E-state index is 12.2. The van der Waals surface area contributed by atoms with Crippen molar-refractivity contribution in [3.63, 3.8) is 0 Å². The number of Topliss-reactive ketones (excluding diaryl/α,β-unsaturated/α-hetero) is 1. The molecule has 1 saturated carbocycles. The molecule has 2 aromatic carbocycles. The standard InChI is InChI=1S/C31H30N2O3/c1-4-20-9-8-10-21(17-20)25-15-16-26-30(25)31(36-24-11-6-7-12-24)33-29(32-26)19-23-14-13-22(27(34)5-2)18-28(23)35-3/h1,8-10,13-15,17-18,24H,5-7,11-12,16,19H2,2-3H3. The van der Waals surface area contributed by atoms with Crippen LogP contribution in [-0.2, 0) is 12.8 Å². The number of ketones is 1. The summed E-state index contributed by atoms with van der Waals surface area (Å²) in [5.74, 6) is 4.82. The molecule has 0 bridgehead atoms. The third-order valence-electron chi connectivity index (χ3n) is 6.97. The molecular weight excluding hydrogens is 448 g/mol. The first-order valence-electron chi connectivity index (χ1n) is 12.6. The summed E-state index contributed by atoms with van der Waals surface area (Å²) < 4.78 is 12.1. The molecule has 182 valence electrons. The fourth-order valence-electron chi connectivity index (χ4n) is 5.06. The van der Waals surface area contributed by atoms with Crippen molar-refractivity contribution >= 4 is 11.4 Å². The van der Waals surface area contributed by atoms with Crippen LogP contribution in [0, 0.1) is 12.3 Å². The first kappa shape index (κ1) is 23.8. The number of rotatable bonds is 8. The number of terminal acetylenes is 1. The molecule has 2 aliphatic rings. The van der Waals surface area contributed by atoms with Gasteiger partial charge in [-0.3, -0.25) is 4.79 Å². The number of nitrogens with zero attached hydrogens (tertiary/aromatic N) is 2. The predicted octanol–water partition coefficient (Wildman–Crippen LogP) is 5.96. The fourth-order valence-corrected chi connectivity index (χ4v) is 5.06. The monoisotopic (exact) mass is 478 g/mol. The number of methoxy groups -OCH3 is 1. The van der Waals surface area contributed by atoms with E-state index in [-0.39, 0.29) is 11.9 Å². The summed E-state index contributed by atoms with van der Waals surface area (Å²) in [5, 5.41) is 0. The summed E-state index contributed by atoms with van der Waals surface area (Å²) in [4.78, 5) is 22.0. The Morgan fingerprint density at radius 1 is 1.14 bits per heavy atom. The van der Waals surface area contributed by atoms with Gasteiger partial charge in [0.2, 0.25) is 5.88 Å². The first-order valence-corrected chi connectivity index (χ1v) is 12.6. The highest BCUT2D eigenvalue weighted by atomic mass is 16.5. The van der Waals surface area contributed by atoms with Gasteiger partial charge in [-0.05, 0) is 55.0 Å². The molecule has 2 aliphatic carbocycles. The Morgan fingerprint density at radius 2 is 1.97 bits per heavy atom. The lowest BCUT2D eigenvalue weighted by Crippen LogP contribution is -2.15. The number of allylic oxidation sites excluding steroid dienone is 1. The van der Waals surface area contributed by atoms with Gasteiger partial charge in [-0.1, -0.05) is 43.2 Å². The maximum atomic E-state index is 12.2. The summed E-state index contributed by atoms with van der Waals surface area (Å²) in [7, 11) is 1.62. The van der Waals surface area contributed by atoms with Crippen molar-refractivity contribution in [1.82, 2.24) is 9.97 Å². The molecule has 5 rings (SSSR count). The van der Waals surface area contributed by atoms with Gasteiger partial charge in [-0.2, -0.15) is 4.98 Å². The van der Waals surface area contributed by atoms with Crippen molar-refractivity contribution in [1.29, 1.82) is 0 Å². The molecule has 0 N–H and O–H groups in total. The third kappa shape index (κ3) is 4.77. The molecule has 0 amide bonds. The van der Waals surface area contributed by atoms with Gasteiger partial charge >= 0.3 is 0 Å². The van der Waals surface area contributed by atoms with E-state index in [0.29, 0.717) is 42.3 Å². The summed E-state index contributed by atoms with van der Waals surface area (Å²) >= 11 is 0. The van der Waals surface area contributed by atoms with Crippen LogP contribution < -0.4 is 9.47 Å². The second-order valence-electron chi connectivity index (χ2n) is 9.32.